The van der Waals surface area contributed by atoms with Crippen LogP contribution in [0.25, 0.3) is 0 Å². The highest BCUT2D eigenvalue weighted by Gasteiger charge is 2.22. The molecule has 0 aliphatic rings. The summed E-state index contributed by atoms with van der Waals surface area (Å²) in [5, 5.41) is 7.30. The summed E-state index contributed by atoms with van der Waals surface area (Å²) in [6, 6.07) is 0. The molecule has 0 radical (unpaired) electrons. The van der Waals surface area contributed by atoms with Crippen molar-refractivity contribution < 1.29 is 14.9 Å². The van der Waals surface area contributed by atoms with Gasteiger partial charge >= 0.3 is 0 Å². The van der Waals surface area contributed by atoms with Crippen LogP contribution in [0.2, 0.25) is 0 Å². The molecule has 0 fully saturated rings. The largest absolute Gasteiger partial charge is 0.381 e. The lowest BCUT2D eigenvalue weighted by Crippen LogP contribution is -2.14. The zero-order chi connectivity index (χ0) is 6.08. The fraction of sp³-hybridized carbons (Fsp3) is 1.00. The summed E-state index contributed by atoms with van der Waals surface area (Å²) < 4.78 is 0. The van der Waals surface area contributed by atoms with E-state index in [-0.39, 0.29) is 0 Å². The third-order valence-corrected chi connectivity index (χ3v) is 1.47. The Kier molecular flexibility index (Phi) is 2.14. The van der Waals surface area contributed by atoms with Gasteiger partial charge in [0.05, 0.1) is 0 Å². The average Bonchev–Trinajstić information content (AvgIpc) is 1.31. The molecule has 0 unspecified atom stereocenters. The van der Waals surface area contributed by atoms with Crippen LogP contribution in [0, 0.1) is 0 Å². The minimum Gasteiger partial charge on any atom is -0.381 e. The van der Waals surface area contributed by atoms with E-state index >= 15 is 0 Å². The molecule has 0 heterocycles. The first kappa shape index (κ1) is 7.31. The van der Waals surface area contributed by atoms with Gasteiger partial charge in [0.25, 0.3) is 0 Å². The lowest BCUT2D eigenvalue weighted by Gasteiger charge is -2.16. The van der Waals surface area contributed by atoms with Crippen LogP contribution < -0.4 is 0 Å². The molecule has 7 heavy (non-hydrogen) atoms. The number of hydrogen-bond acceptors (Lipinski definition) is 3. The molecule has 0 aromatic heterocycles. The smallest absolute Gasteiger partial charge is 0.198 e. The van der Waals surface area contributed by atoms with Crippen LogP contribution in [0.4, 0.5) is 0 Å². The monoisotopic (exact) mass is 124 g/mol. The molecule has 0 atom stereocenters. The van der Waals surface area contributed by atoms with Gasteiger partial charge in [0.15, 0.2) is 8.38 Å². The van der Waals surface area contributed by atoms with Crippen LogP contribution in [-0.4, -0.2) is 20.2 Å². The van der Waals surface area contributed by atoms with Gasteiger partial charge in [-0.1, -0.05) is 0 Å². The van der Waals surface area contributed by atoms with E-state index in [1.54, 1.807) is 0 Å². The first-order valence-electron chi connectivity index (χ1n) is 1.85. The van der Waals surface area contributed by atoms with Crippen LogP contribution >= 0.6 is 8.38 Å². The summed E-state index contributed by atoms with van der Waals surface area (Å²) in [6.07, 6.45) is 0. The molecule has 0 bridgehead atoms. The molecule has 3 nitrogen and oxygen atoms in total. The summed E-state index contributed by atoms with van der Waals surface area (Å²) >= 11 is 0. The molecule has 0 spiro atoms. The van der Waals surface area contributed by atoms with Crippen molar-refractivity contribution in [2.24, 2.45) is 0 Å². The van der Waals surface area contributed by atoms with Crippen molar-refractivity contribution in [2.75, 3.05) is 0 Å². The van der Waals surface area contributed by atoms with Gasteiger partial charge in [-0.3, -0.25) is 0 Å². The Morgan fingerprint density at radius 2 is 1.43 bits per heavy atom. The van der Waals surface area contributed by atoms with Crippen molar-refractivity contribution in [1.82, 2.24) is 0 Å². The molecular formula is C3H9O3P. The topological polar surface area (TPSA) is 60.7 Å². The van der Waals surface area contributed by atoms with Crippen molar-refractivity contribution in [3.05, 3.63) is 0 Å². The van der Waals surface area contributed by atoms with Crippen LogP contribution in [0.3, 0.4) is 0 Å². The molecule has 0 saturated carbocycles. The van der Waals surface area contributed by atoms with E-state index < -0.39 is 13.7 Å². The molecule has 0 aliphatic heterocycles. The number of hydrogen-bond donors (Lipinski definition) is 3. The van der Waals surface area contributed by atoms with E-state index in [0.29, 0.717) is 0 Å². The zero-order valence-corrected chi connectivity index (χ0v) is 5.18. The van der Waals surface area contributed by atoms with E-state index in [9.17, 15) is 0 Å². The quantitative estimate of drug-likeness (QED) is 0.431. The molecule has 0 aromatic carbocycles. The van der Waals surface area contributed by atoms with Gasteiger partial charge in [-0.2, -0.15) is 0 Å². The minimum atomic E-state index is -2.19. The van der Waals surface area contributed by atoms with Crippen molar-refractivity contribution in [3.63, 3.8) is 0 Å². The van der Waals surface area contributed by atoms with E-state index in [1.807, 2.05) is 0 Å². The van der Waals surface area contributed by atoms with Gasteiger partial charge in [-0.25, -0.2) is 0 Å². The molecule has 44 valence electrons. The summed E-state index contributed by atoms with van der Waals surface area (Å²) in [7, 11) is -2.19. The molecule has 0 rings (SSSR count). The van der Waals surface area contributed by atoms with E-state index in [0.717, 1.165) is 0 Å². The van der Waals surface area contributed by atoms with Crippen molar-refractivity contribution in [1.29, 1.82) is 0 Å². The Morgan fingerprint density at radius 1 is 1.29 bits per heavy atom. The maximum atomic E-state index is 8.62. The number of rotatable bonds is 1. The van der Waals surface area contributed by atoms with Gasteiger partial charge in [-0.15, -0.1) is 0 Å². The molecule has 0 amide bonds. The number of aliphatic hydroxyl groups is 1. The Labute approximate surface area is 43.5 Å². The van der Waals surface area contributed by atoms with Crippen molar-refractivity contribution >= 4 is 8.38 Å². The summed E-state index contributed by atoms with van der Waals surface area (Å²) in [6.45, 7) is 2.69. The highest BCUT2D eigenvalue weighted by atomic mass is 31.2. The SMILES string of the molecule is CC(C)(O)P(O)O. The highest BCUT2D eigenvalue weighted by molar-refractivity contribution is 7.46. The standard InChI is InChI=1S/C3H9O3P/c1-3(2,4)7(5)6/h4-6H,1-2H3. The molecule has 0 aliphatic carbocycles. The second-order valence-electron chi connectivity index (χ2n) is 1.78. The van der Waals surface area contributed by atoms with Crippen LogP contribution in [0.5, 0.6) is 0 Å². The Bertz CT molecular complexity index is 55.7. The van der Waals surface area contributed by atoms with E-state index in [2.05, 4.69) is 0 Å². The molecular weight excluding hydrogens is 115 g/mol. The Balaban J connectivity index is 3.54. The Morgan fingerprint density at radius 3 is 1.43 bits per heavy atom. The molecule has 4 heteroatoms. The van der Waals surface area contributed by atoms with Gasteiger partial charge in [-0.05, 0) is 13.8 Å². The van der Waals surface area contributed by atoms with Gasteiger partial charge in [0.2, 0.25) is 0 Å². The summed E-state index contributed by atoms with van der Waals surface area (Å²) in [5.41, 5.74) is 0. The zero-order valence-electron chi connectivity index (χ0n) is 4.29. The molecule has 0 aromatic rings. The van der Waals surface area contributed by atoms with Gasteiger partial charge in [0.1, 0.15) is 5.34 Å². The lowest BCUT2D eigenvalue weighted by molar-refractivity contribution is 0.146. The maximum Gasteiger partial charge on any atom is 0.198 e. The predicted octanol–water partition coefficient (Wildman–Crippen LogP) is 0.0113. The van der Waals surface area contributed by atoms with E-state index in [1.165, 1.54) is 13.8 Å². The fourth-order valence-electron chi connectivity index (χ4n) is 0. The van der Waals surface area contributed by atoms with Gasteiger partial charge in [0, 0.05) is 0 Å². The van der Waals surface area contributed by atoms with E-state index in [4.69, 9.17) is 14.9 Å². The first-order chi connectivity index (χ1) is 2.94. The summed E-state index contributed by atoms with van der Waals surface area (Å²) in [4.78, 5) is 16.5. The second-order valence-corrected chi connectivity index (χ2v) is 3.46. The molecule has 3 N–H and O–H groups in total. The lowest BCUT2D eigenvalue weighted by atomic mass is 10.5. The van der Waals surface area contributed by atoms with Crippen LogP contribution in [0.1, 0.15) is 13.8 Å². The third-order valence-electron chi connectivity index (χ3n) is 0.489. The fourth-order valence-corrected chi connectivity index (χ4v) is 0. The third kappa shape index (κ3) is 2.94. The van der Waals surface area contributed by atoms with Crippen molar-refractivity contribution in [2.45, 2.75) is 19.2 Å². The molecule has 0 saturated heterocycles. The minimum absolute atomic E-state index is 1.32. The average molecular weight is 124 g/mol. The van der Waals surface area contributed by atoms with Crippen LogP contribution in [-0.2, 0) is 0 Å². The Hall–Kier alpha value is 0.310. The van der Waals surface area contributed by atoms with Crippen LogP contribution in [0.15, 0.2) is 0 Å². The van der Waals surface area contributed by atoms with Crippen molar-refractivity contribution in [3.8, 4) is 0 Å². The second kappa shape index (κ2) is 2.05. The maximum absolute atomic E-state index is 8.62. The normalized spacial score (nSPS) is 12.9. The predicted molar refractivity (Wildman–Crippen MR) is 27.7 cm³/mol. The van der Waals surface area contributed by atoms with Gasteiger partial charge < -0.3 is 14.9 Å². The highest BCUT2D eigenvalue weighted by Crippen LogP contribution is 2.38. The first-order valence-corrected chi connectivity index (χ1v) is 3.09. The summed E-state index contributed by atoms with van der Waals surface area (Å²) in [5.74, 6) is 0.